The van der Waals surface area contributed by atoms with Crippen molar-refractivity contribution in [3.8, 4) is 0 Å². The molecule has 0 heterocycles. The average molecular weight is 339 g/mol. The fourth-order valence-corrected chi connectivity index (χ4v) is 1.90. The fraction of sp³-hybridized carbons (Fsp3) is 0.417. The minimum atomic E-state index is -4.31. The standard InChI is InChI=1S/C12H14BrF3N2O/c1-2-8-5-9(13)3-4-10(8)18-11(19)6-17-7-12(14,15)16/h3-5,17H,2,6-7H2,1H3,(H,18,19). The molecular weight excluding hydrogens is 325 g/mol. The van der Waals surface area contributed by atoms with Gasteiger partial charge in [0.2, 0.25) is 5.91 Å². The summed E-state index contributed by atoms with van der Waals surface area (Å²) in [5.74, 6) is -0.499. The van der Waals surface area contributed by atoms with Gasteiger partial charge in [0.05, 0.1) is 13.1 Å². The van der Waals surface area contributed by atoms with E-state index in [-0.39, 0.29) is 6.54 Å². The number of anilines is 1. The first-order chi connectivity index (χ1) is 8.81. The number of hydrogen-bond acceptors (Lipinski definition) is 2. The topological polar surface area (TPSA) is 41.1 Å². The van der Waals surface area contributed by atoms with Gasteiger partial charge in [-0.25, -0.2) is 0 Å². The molecule has 0 saturated heterocycles. The van der Waals surface area contributed by atoms with Gasteiger partial charge in [0.1, 0.15) is 0 Å². The first kappa shape index (κ1) is 16.0. The lowest BCUT2D eigenvalue weighted by Crippen LogP contribution is -2.35. The van der Waals surface area contributed by atoms with E-state index in [1.54, 1.807) is 12.1 Å². The number of hydrogen-bond donors (Lipinski definition) is 2. The molecular formula is C12H14BrF3N2O. The maximum Gasteiger partial charge on any atom is 0.401 e. The fourth-order valence-electron chi connectivity index (χ4n) is 1.49. The number of carbonyl (C=O) groups is 1. The lowest BCUT2D eigenvalue weighted by atomic mass is 10.1. The molecule has 0 atom stereocenters. The Morgan fingerprint density at radius 3 is 2.63 bits per heavy atom. The molecule has 0 unspecified atom stereocenters. The van der Waals surface area contributed by atoms with E-state index < -0.39 is 18.6 Å². The second-order valence-electron chi connectivity index (χ2n) is 3.92. The van der Waals surface area contributed by atoms with Crippen molar-refractivity contribution in [1.29, 1.82) is 0 Å². The Balaban J connectivity index is 2.53. The number of benzene rings is 1. The average Bonchev–Trinajstić information content (AvgIpc) is 2.29. The zero-order valence-corrected chi connectivity index (χ0v) is 11.9. The number of alkyl halides is 3. The highest BCUT2D eigenvalue weighted by atomic mass is 79.9. The SMILES string of the molecule is CCc1cc(Br)ccc1NC(=O)CNCC(F)(F)F. The van der Waals surface area contributed by atoms with Crippen LogP contribution in [0.3, 0.4) is 0 Å². The van der Waals surface area contributed by atoms with E-state index in [0.29, 0.717) is 12.1 Å². The van der Waals surface area contributed by atoms with Crippen LogP contribution >= 0.6 is 15.9 Å². The van der Waals surface area contributed by atoms with Crippen LogP contribution in [-0.2, 0) is 11.2 Å². The molecule has 0 aliphatic carbocycles. The van der Waals surface area contributed by atoms with Crippen LogP contribution in [0.1, 0.15) is 12.5 Å². The first-order valence-corrected chi connectivity index (χ1v) is 6.47. The van der Waals surface area contributed by atoms with E-state index in [4.69, 9.17) is 0 Å². The summed E-state index contributed by atoms with van der Waals surface area (Å²) >= 11 is 3.32. The number of amides is 1. The van der Waals surface area contributed by atoms with Gasteiger partial charge >= 0.3 is 6.18 Å². The molecule has 19 heavy (non-hydrogen) atoms. The van der Waals surface area contributed by atoms with E-state index in [2.05, 4.69) is 21.2 Å². The van der Waals surface area contributed by atoms with Crippen LogP contribution in [0.4, 0.5) is 18.9 Å². The third kappa shape index (κ3) is 6.07. The first-order valence-electron chi connectivity index (χ1n) is 5.67. The Morgan fingerprint density at radius 1 is 1.37 bits per heavy atom. The third-order valence-electron chi connectivity index (χ3n) is 2.33. The quantitative estimate of drug-likeness (QED) is 0.866. The Hall–Kier alpha value is -1.08. The summed E-state index contributed by atoms with van der Waals surface area (Å²) in [5, 5.41) is 4.63. The zero-order valence-electron chi connectivity index (χ0n) is 10.3. The van der Waals surface area contributed by atoms with Crippen molar-refractivity contribution in [2.24, 2.45) is 0 Å². The highest BCUT2D eigenvalue weighted by Crippen LogP contribution is 2.21. The summed E-state index contributed by atoms with van der Waals surface area (Å²) in [6, 6.07) is 5.33. The van der Waals surface area contributed by atoms with Gasteiger partial charge < -0.3 is 10.6 Å². The van der Waals surface area contributed by atoms with Gasteiger partial charge in [-0.3, -0.25) is 4.79 Å². The lowest BCUT2D eigenvalue weighted by Gasteiger charge is -2.11. The summed E-state index contributed by atoms with van der Waals surface area (Å²) in [4.78, 5) is 11.5. The van der Waals surface area contributed by atoms with Crippen molar-refractivity contribution in [2.75, 3.05) is 18.4 Å². The van der Waals surface area contributed by atoms with E-state index in [1.807, 2.05) is 18.3 Å². The van der Waals surface area contributed by atoms with Crippen LogP contribution in [-0.4, -0.2) is 25.2 Å². The molecule has 3 nitrogen and oxygen atoms in total. The van der Waals surface area contributed by atoms with Crippen LogP contribution in [0.15, 0.2) is 22.7 Å². The summed E-state index contributed by atoms with van der Waals surface area (Å²) < 4.78 is 36.6. The maximum atomic E-state index is 11.9. The summed E-state index contributed by atoms with van der Waals surface area (Å²) in [6.45, 7) is 0.374. The van der Waals surface area contributed by atoms with Crippen molar-refractivity contribution < 1.29 is 18.0 Å². The summed E-state index contributed by atoms with van der Waals surface area (Å²) in [5.41, 5.74) is 1.53. The molecule has 0 spiro atoms. The van der Waals surface area contributed by atoms with Gasteiger partial charge in [0.25, 0.3) is 0 Å². The molecule has 0 bridgehead atoms. The zero-order chi connectivity index (χ0) is 14.5. The molecule has 1 aromatic carbocycles. The number of nitrogens with one attached hydrogen (secondary N) is 2. The highest BCUT2D eigenvalue weighted by molar-refractivity contribution is 9.10. The van der Waals surface area contributed by atoms with E-state index >= 15 is 0 Å². The second kappa shape index (κ2) is 6.91. The molecule has 106 valence electrons. The maximum absolute atomic E-state index is 11.9. The summed E-state index contributed by atoms with van der Waals surface area (Å²) in [7, 11) is 0. The van der Waals surface area contributed by atoms with E-state index in [0.717, 1.165) is 10.0 Å². The molecule has 1 rings (SSSR count). The normalized spacial score (nSPS) is 11.4. The molecule has 0 aromatic heterocycles. The molecule has 0 fully saturated rings. The Morgan fingerprint density at radius 2 is 2.05 bits per heavy atom. The molecule has 0 aliphatic heterocycles. The predicted octanol–water partition coefficient (Wildman–Crippen LogP) is 3.10. The van der Waals surface area contributed by atoms with Crippen molar-refractivity contribution in [3.05, 3.63) is 28.2 Å². The monoisotopic (exact) mass is 338 g/mol. The molecule has 0 saturated carbocycles. The van der Waals surface area contributed by atoms with Gasteiger partial charge in [0.15, 0.2) is 0 Å². The molecule has 0 aliphatic rings. The van der Waals surface area contributed by atoms with Crippen LogP contribution in [0.25, 0.3) is 0 Å². The number of halogens is 4. The van der Waals surface area contributed by atoms with Gasteiger partial charge in [-0.2, -0.15) is 13.2 Å². The number of aryl methyl sites for hydroxylation is 1. The van der Waals surface area contributed by atoms with Crippen LogP contribution in [0, 0.1) is 0 Å². The van der Waals surface area contributed by atoms with Crippen LogP contribution in [0.2, 0.25) is 0 Å². The largest absolute Gasteiger partial charge is 0.401 e. The predicted molar refractivity (Wildman–Crippen MR) is 71.1 cm³/mol. The minimum absolute atomic E-state index is 0.376. The Labute approximate surface area is 117 Å². The number of rotatable bonds is 5. The lowest BCUT2D eigenvalue weighted by molar-refractivity contribution is -0.126. The van der Waals surface area contributed by atoms with Crippen molar-refractivity contribution >= 4 is 27.5 Å². The van der Waals surface area contributed by atoms with Gasteiger partial charge in [-0.1, -0.05) is 22.9 Å². The Kier molecular flexibility index (Phi) is 5.81. The van der Waals surface area contributed by atoms with Crippen molar-refractivity contribution in [1.82, 2.24) is 5.32 Å². The number of carbonyl (C=O) groups excluding carboxylic acids is 1. The van der Waals surface area contributed by atoms with Crippen molar-refractivity contribution in [3.63, 3.8) is 0 Å². The molecule has 2 N–H and O–H groups in total. The smallest absolute Gasteiger partial charge is 0.325 e. The van der Waals surface area contributed by atoms with Gasteiger partial charge in [-0.05, 0) is 30.2 Å². The third-order valence-corrected chi connectivity index (χ3v) is 2.83. The van der Waals surface area contributed by atoms with E-state index in [9.17, 15) is 18.0 Å². The minimum Gasteiger partial charge on any atom is -0.325 e. The van der Waals surface area contributed by atoms with E-state index in [1.165, 1.54) is 0 Å². The molecule has 1 amide bonds. The molecule has 7 heteroatoms. The second-order valence-corrected chi connectivity index (χ2v) is 4.84. The van der Waals surface area contributed by atoms with Crippen molar-refractivity contribution in [2.45, 2.75) is 19.5 Å². The van der Waals surface area contributed by atoms with Crippen LogP contribution < -0.4 is 10.6 Å². The van der Waals surface area contributed by atoms with Crippen LogP contribution in [0.5, 0.6) is 0 Å². The molecule has 1 aromatic rings. The van der Waals surface area contributed by atoms with Gasteiger partial charge in [-0.15, -0.1) is 0 Å². The highest BCUT2D eigenvalue weighted by Gasteiger charge is 2.26. The molecule has 0 radical (unpaired) electrons. The summed E-state index contributed by atoms with van der Waals surface area (Å²) in [6.07, 6.45) is -3.60. The van der Waals surface area contributed by atoms with Gasteiger partial charge in [0, 0.05) is 10.2 Å². The Bertz CT molecular complexity index is 449.